The molecule has 112 valence electrons. The molecule has 1 saturated carbocycles. The van der Waals surface area contributed by atoms with Crippen molar-refractivity contribution in [3.8, 4) is 5.75 Å². The monoisotopic (exact) mass is 288 g/mol. The van der Waals surface area contributed by atoms with Gasteiger partial charge in [-0.1, -0.05) is 0 Å². The van der Waals surface area contributed by atoms with Gasteiger partial charge in [-0.05, 0) is 37.7 Å². The fourth-order valence-electron chi connectivity index (χ4n) is 3.19. The second kappa shape index (κ2) is 5.76. The number of fused-ring (bicyclic) bond motifs is 1. The van der Waals surface area contributed by atoms with E-state index in [0.717, 1.165) is 49.0 Å². The lowest BCUT2D eigenvalue weighted by Crippen LogP contribution is -2.23. The van der Waals surface area contributed by atoms with Gasteiger partial charge in [0.25, 0.3) is 0 Å². The van der Waals surface area contributed by atoms with Crippen molar-refractivity contribution in [2.45, 2.75) is 32.2 Å². The van der Waals surface area contributed by atoms with E-state index < -0.39 is 5.97 Å². The summed E-state index contributed by atoms with van der Waals surface area (Å²) in [6, 6.07) is 4.02. The zero-order valence-electron chi connectivity index (χ0n) is 12.2. The van der Waals surface area contributed by atoms with E-state index in [1.807, 2.05) is 12.1 Å². The van der Waals surface area contributed by atoms with Gasteiger partial charge in [-0.25, -0.2) is 0 Å². The third-order valence-corrected chi connectivity index (χ3v) is 4.48. The molecular weight excluding hydrogens is 268 g/mol. The molecule has 0 unspecified atom stereocenters. The second-order valence-corrected chi connectivity index (χ2v) is 5.80. The predicted octanol–water partition coefficient (Wildman–Crippen LogP) is 2.94. The molecule has 1 aliphatic carbocycles. The van der Waals surface area contributed by atoms with E-state index in [0.29, 0.717) is 5.92 Å². The molecule has 2 heterocycles. The lowest BCUT2D eigenvalue weighted by Gasteiger charge is -2.26. The molecule has 5 nitrogen and oxygen atoms in total. The number of methoxy groups -OCH3 is 1. The largest absolute Gasteiger partial charge is 0.495 e. The van der Waals surface area contributed by atoms with Crippen LogP contribution in [-0.2, 0) is 11.3 Å². The molecule has 0 atom stereocenters. The van der Waals surface area contributed by atoms with Crippen molar-refractivity contribution in [3.05, 3.63) is 24.5 Å². The minimum absolute atomic E-state index is 0.149. The Morgan fingerprint density at radius 1 is 1.43 bits per heavy atom. The van der Waals surface area contributed by atoms with Gasteiger partial charge in [-0.2, -0.15) is 0 Å². The lowest BCUT2D eigenvalue weighted by atomic mass is 9.82. The third kappa shape index (κ3) is 2.86. The van der Waals surface area contributed by atoms with E-state index in [2.05, 4.69) is 15.7 Å². The van der Waals surface area contributed by atoms with Crippen LogP contribution in [0, 0.1) is 11.8 Å². The van der Waals surface area contributed by atoms with E-state index in [1.54, 1.807) is 13.3 Å². The van der Waals surface area contributed by atoms with Crippen LogP contribution in [0.15, 0.2) is 24.5 Å². The van der Waals surface area contributed by atoms with Crippen LogP contribution in [0.3, 0.4) is 0 Å². The number of nitrogens with zero attached hydrogens (tertiary/aromatic N) is 2. The minimum Gasteiger partial charge on any atom is -0.495 e. The molecule has 0 spiro atoms. The van der Waals surface area contributed by atoms with Gasteiger partial charge >= 0.3 is 5.97 Å². The number of carboxylic acid groups (broad SMARTS) is 1. The van der Waals surface area contributed by atoms with Crippen LogP contribution in [0.5, 0.6) is 5.75 Å². The summed E-state index contributed by atoms with van der Waals surface area (Å²) >= 11 is 0. The Kier molecular flexibility index (Phi) is 3.82. The number of hydrogen-bond donors (Lipinski definition) is 1. The van der Waals surface area contributed by atoms with Crippen LogP contribution < -0.4 is 4.74 Å². The molecule has 2 aromatic heterocycles. The molecule has 3 rings (SSSR count). The molecule has 0 radical (unpaired) electrons. The summed E-state index contributed by atoms with van der Waals surface area (Å²) in [5, 5.41) is 9.05. The van der Waals surface area contributed by atoms with Gasteiger partial charge in [-0.3, -0.25) is 9.78 Å². The van der Waals surface area contributed by atoms with Crippen molar-refractivity contribution in [1.29, 1.82) is 0 Å². The third-order valence-electron chi connectivity index (χ3n) is 4.48. The quantitative estimate of drug-likeness (QED) is 0.939. The first-order valence-electron chi connectivity index (χ1n) is 7.39. The zero-order valence-corrected chi connectivity index (χ0v) is 12.2. The van der Waals surface area contributed by atoms with E-state index in [9.17, 15) is 4.79 Å². The maximum atomic E-state index is 11.0. The van der Waals surface area contributed by atoms with Gasteiger partial charge in [0.05, 0.1) is 30.3 Å². The maximum Gasteiger partial charge on any atom is 0.306 e. The zero-order chi connectivity index (χ0) is 14.8. The van der Waals surface area contributed by atoms with E-state index >= 15 is 0 Å². The van der Waals surface area contributed by atoms with Crippen LogP contribution in [0.1, 0.15) is 25.7 Å². The first-order valence-corrected chi connectivity index (χ1v) is 7.39. The van der Waals surface area contributed by atoms with Crippen LogP contribution in [-0.4, -0.2) is 27.7 Å². The molecule has 0 bridgehead atoms. The molecule has 1 fully saturated rings. The summed E-state index contributed by atoms with van der Waals surface area (Å²) in [6.45, 7) is 0.921. The Morgan fingerprint density at radius 2 is 2.19 bits per heavy atom. The molecule has 0 aromatic carbocycles. The number of carboxylic acids is 1. The number of hydrogen-bond acceptors (Lipinski definition) is 3. The van der Waals surface area contributed by atoms with Gasteiger partial charge in [-0.15, -0.1) is 0 Å². The molecule has 0 saturated heterocycles. The SMILES string of the molecule is COc1cnc2ccn(CC3CCC(C(=O)O)CC3)c2c1. The van der Waals surface area contributed by atoms with Crippen molar-refractivity contribution in [2.75, 3.05) is 7.11 Å². The van der Waals surface area contributed by atoms with E-state index in [-0.39, 0.29) is 5.92 Å². The molecule has 2 aromatic rings. The van der Waals surface area contributed by atoms with E-state index in [1.165, 1.54) is 0 Å². The predicted molar refractivity (Wildman–Crippen MR) is 79.4 cm³/mol. The van der Waals surface area contributed by atoms with Crippen molar-refractivity contribution >= 4 is 17.0 Å². The Bertz CT molecular complexity index is 642. The smallest absolute Gasteiger partial charge is 0.306 e. The maximum absolute atomic E-state index is 11.0. The number of aromatic nitrogens is 2. The fourth-order valence-corrected chi connectivity index (χ4v) is 3.19. The first kappa shape index (κ1) is 13.9. The summed E-state index contributed by atoms with van der Waals surface area (Å²) < 4.78 is 7.44. The standard InChI is InChI=1S/C16H20N2O3/c1-21-13-8-15-14(17-9-13)6-7-18(15)10-11-2-4-12(5-3-11)16(19)20/h6-9,11-12H,2-5,10H2,1H3,(H,19,20). The van der Waals surface area contributed by atoms with Crippen LogP contribution in [0.4, 0.5) is 0 Å². The highest BCUT2D eigenvalue weighted by Gasteiger charge is 2.26. The number of rotatable bonds is 4. The Labute approximate surface area is 123 Å². The first-order chi connectivity index (χ1) is 10.2. The highest BCUT2D eigenvalue weighted by molar-refractivity contribution is 5.77. The topological polar surface area (TPSA) is 64.4 Å². The number of carbonyl (C=O) groups is 1. The van der Waals surface area contributed by atoms with Crippen LogP contribution in [0.25, 0.3) is 11.0 Å². The molecular formula is C16H20N2O3. The van der Waals surface area contributed by atoms with Crippen LogP contribution >= 0.6 is 0 Å². The Balaban J connectivity index is 1.72. The number of aliphatic carboxylic acids is 1. The van der Waals surface area contributed by atoms with Gasteiger partial charge in [0.2, 0.25) is 0 Å². The number of pyridine rings is 1. The van der Waals surface area contributed by atoms with Crippen molar-refractivity contribution in [1.82, 2.24) is 9.55 Å². The lowest BCUT2D eigenvalue weighted by molar-refractivity contribution is -0.143. The molecule has 0 aliphatic heterocycles. The summed E-state index contributed by atoms with van der Waals surface area (Å²) in [4.78, 5) is 15.4. The highest BCUT2D eigenvalue weighted by Crippen LogP contribution is 2.31. The van der Waals surface area contributed by atoms with Crippen molar-refractivity contribution in [3.63, 3.8) is 0 Å². The van der Waals surface area contributed by atoms with Gasteiger partial charge in [0.15, 0.2) is 0 Å². The highest BCUT2D eigenvalue weighted by atomic mass is 16.5. The van der Waals surface area contributed by atoms with Crippen molar-refractivity contribution < 1.29 is 14.6 Å². The molecule has 1 N–H and O–H groups in total. The summed E-state index contributed by atoms with van der Waals surface area (Å²) in [5.74, 6) is 0.512. The van der Waals surface area contributed by atoms with Crippen LogP contribution in [0.2, 0.25) is 0 Å². The second-order valence-electron chi connectivity index (χ2n) is 5.80. The van der Waals surface area contributed by atoms with Gasteiger partial charge < -0.3 is 14.4 Å². The normalized spacial score (nSPS) is 22.3. The van der Waals surface area contributed by atoms with Gasteiger partial charge in [0, 0.05) is 18.8 Å². The van der Waals surface area contributed by atoms with E-state index in [4.69, 9.17) is 9.84 Å². The van der Waals surface area contributed by atoms with Gasteiger partial charge in [0.1, 0.15) is 5.75 Å². The minimum atomic E-state index is -0.645. The Morgan fingerprint density at radius 3 is 2.86 bits per heavy atom. The average molecular weight is 288 g/mol. The molecule has 5 heteroatoms. The summed E-state index contributed by atoms with van der Waals surface area (Å²) in [7, 11) is 1.64. The fraction of sp³-hybridized carbons (Fsp3) is 0.500. The average Bonchev–Trinajstić information content (AvgIpc) is 2.90. The Hall–Kier alpha value is -2.04. The molecule has 0 amide bonds. The summed E-state index contributed by atoms with van der Waals surface area (Å²) in [5.41, 5.74) is 2.05. The molecule has 1 aliphatic rings. The number of ether oxygens (including phenoxy) is 1. The molecule has 21 heavy (non-hydrogen) atoms. The summed E-state index contributed by atoms with van der Waals surface area (Å²) in [6.07, 6.45) is 7.33. The van der Waals surface area contributed by atoms with Crippen molar-refractivity contribution in [2.24, 2.45) is 11.8 Å².